The number of carbonyl (C=O) groups excluding carboxylic acids is 1. The van der Waals surface area contributed by atoms with Gasteiger partial charge in [-0.05, 0) is 20.8 Å². The second kappa shape index (κ2) is 10.3. The molecule has 0 radical (unpaired) electrons. The van der Waals surface area contributed by atoms with E-state index >= 15 is 0 Å². The zero-order valence-electron chi connectivity index (χ0n) is 14.6. The summed E-state index contributed by atoms with van der Waals surface area (Å²) in [6.07, 6.45) is 3.03. The van der Waals surface area contributed by atoms with E-state index in [-0.39, 0.29) is 16.7 Å². The van der Waals surface area contributed by atoms with Gasteiger partial charge in [-0.1, -0.05) is 12.2 Å². The Kier molecular flexibility index (Phi) is 8.92. The zero-order valence-corrected chi connectivity index (χ0v) is 14.6. The highest BCUT2D eigenvalue weighted by Crippen LogP contribution is 2.20. The van der Waals surface area contributed by atoms with Crippen LogP contribution < -0.4 is 0 Å². The summed E-state index contributed by atoms with van der Waals surface area (Å²) in [6, 6.07) is 0. The van der Waals surface area contributed by atoms with Crippen molar-refractivity contribution in [1.82, 2.24) is 0 Å². The molecule has 0 amide bonds. The predicted octanol–water partition coefficient (Wildman–Crippen LogP) is 1.21. The van der Waals surface area contributed by atoms with Gasteiger partial charge in [0, 0.05) is 23.1 Å². The SMILES string of the molecule is CC(=COC(=O)C=C(C(=O)O)C(C=C(C)C(=O)O)C=C(C)C(=O)O)C(=O)O. The van der Waals surface area contributed by atoms with E-state index in [9.17, 15) is 29.1 Å². The highest BCUT2D eigenvalue weighted by atomic mass is 16.5. The van der Waals surface area contributed by atoms with Gasteiger partial charge in [0.05, 0.1) is 11.1 Å². The molecule has 0 aliphatic heterocycles. The van der Waals surface area contributed by atoms with Crippen molar-refractivity contribution in [2.75, 3.05) is 0 Å². The second-order valence-corrected chi connectivity index (χ2v) is 5.28. The lowest BCUT2D eigenvalue weighted by Crippen LogP contribution is -2.15. The van der Waals surface area contributed by atoms with Gasteiger partial charge in [0.1, 0.15) is 6.26 Å². The molecule has 10 nitrogen and oxygen atoms in total. The van der Waals surface area contributed by atoms with E-state index in [2.05, 4.69) is 4.74 Å². The number of carbonyl (C=O) groups is 5. The maximum atomic E-state index is 11.8. The third-order valence-electron chi connectivity index (χ3n) is 3.10. The lowest BCUT2D eigenvalue weighted by Gasteiger charge is -2.11. The minimum atomic E-state index is -1.63. The van der Waals surface area contributed by atoms with Crippen molar-refractivity contribution in [2.24, 2.45) is 5.92 Å². The van der Waals surface area contributed by atoms with Crippen molar-refractivity contribution in [3.63, 3.8) is 0 Å². The summed E-state index contributed by atoms with van der Waals surface area (Å²) < 4.78 is 4.51. The molecule has 0 fully saturated rings. The monoisotopic (exact) mass is 382 g/mol. The number of carboxylic acids is 4. The Morgan fingerprint density at radius 1 is 0.704 bits per heavy atom. The smallest absolute Gasteiger partial charge is 0.336 e. The molecular formula is C17H18O10. The van der Waals surface area contributed by atoms with Crippen LogP contribution in [0.5, 0.6) is 0 Å². The van der Waals surface area contributed by atoms with Crippen LogP contribution in [0.3, 0.4) is 0 Å². The van der Waals surface area contributed by atoms with E-state index in [4.69, 9.17) is 15.3 Å². The Morgan fingerprint density at radius 2 is 1.11 bits per heavy atom. The molecule has 0 heterocycles. The van der Waals surface area contributed by atoms with Gasteiger partial charge in [0.2, 0.25) is 0 Å². The molecule has 0 aliphatic carbocycles. The normalized spacial score (nSPS) is 14.3. The predicted molar refractivity (Wildman–Crippen MR) is 89.5 cm³/mol. The third kappa shape index (κ3) is 8.29. The molecule has 0 aromatic carbocycles. The molecule has 0 bridgehead atoms. The van der Waals surface area contributed by atoms with Crippen LogP contribution in [0.2, 0.25) is 0 Å². The molecule has 0 rings (SSSR count). The summed E-state index contributed by atoms with van der Waals surface area (Å²) in [5.41, 5.74) is -1.55. The first kappa shape index (κ1) is 23.3. The molecule has 0 saturated carbocycles. The molecule has 0 aliphatic rings. The summed E-state index contributed by atoms with van der Waals surface area (Å²) in [7, 11) is 0. The van der Waals surface area contributed by atoms with Crippen LogP contribution in [0.25, 0.3) is 0 Å². The lowest BCUT2D eigenvalue weighted by molar-refractivity contribution is -0.136. The van der Waals surface area contributed by atoms with Gasteiger partial charge in [-0.15, -0.1) is 0 Å². The maximum Gasteiger partial charge on any atom is 0.336 e. The molecular weight excluding hydrogens is 364 g/mol. The molecule has 27 heavy (non-hydrogen) atoms. The van der Waals surface area contributed by atoms with Crippen molar-refractivity contribution in [3.8, 4) is 0 Å². The fraction of sp³-hybridized carbons (Fsp3) is 0.235. The first-order valence-corrected chi connectivity index (χ1v) is 7.25. The van der Waals surface area contributed by atoms with E-state index in [0.717, 1.165) is 32.9 Å². The Balaban J connectivity index is 6.09. The quantitative estimate of drug-likeness (QED) is 0.257. The minimum absolute atomic E-state index is 0.281. The number of aliphatic carboxylic acids is 4. The maximum absolute atomic E-state index is 11.8. The van der Waals surface area contributed by atoms with Gasteiger partial charge in [-0.3, -0.25) is 0 Å². The van der Waals surface area contributed by atoms with Crippen molar-refractivity contribution in [1.29, 1.82) is 0 Å². The summed E-state index contributed by atoms with van der Waals surface area (Å²) >= 11 is 0. The van der Waals surface area contributed by atoms with Crippen LogP contribution in [0.4, 0.5) is 0 Å². The summed E-state index contributed by atoms with van der Waals surface area (Å²) in [6.45, 7) is 3.46. The van der Waals surface area contributed by atoms with E-state index in [0.29, 0.717) is 12.3 Å². The number of hydrogen-bond acceptors (Lipinski definition) is 6. The van der Waals surface area contributed by atoms with E-state index < -0.39 is 41.3 Å². The third-order valence-corrected chi connectivity index (χ3v) is 3.10. The average molecular weight is 382 g/mol. The Morgan fingerprint density at radius 3 is 1.44 bits per heavy atom. The second-order valence-electron chi connectivity index (χ2n) is 5.28. The van der Waals surface area contributed by atoms with Crippen LogP contribution >= 0.6 is 0 Å². The standard InChI is InChI=1S/C17H18O10/c1-8(14(19)20)4-11(5-9(2)15(21)22)12(17(25)26)6-13(18)27-7-10(3)16(23)24/h4-7,11H,1-3H3,(H,19,20)(H,21,22)(H,23,24)(H,25,26). The first-order chi connectivity index (χ1) is 12.4. The number of rotatable bonds is 9. The molecule has 0 atom stereocenters. The molecule has 0 aromatic rings. The Labute approximate surface area is 153 Å². The van der Waals surface area contributed by atoms with Gasteiger partial charge in [0.25, 0.3) is 0 Å². The fourth-order valence-corrected chi connectivity index (χ4v) is 1.57. The lowest BCUT2D eigenvalue weighted by atomic mass is 9.93. The Hall–Kier alpha value is -3.69. The summed E-state index contributed by atoms with van der Waals surface area (Å²) in [5, 5.41) is 35.9. The van der Waals surface area contributed by atoms with Gasteiger partial charge in [-0.25, -0.2) is 24.0 Å². The number of esters is 1. The van der Waals surface area contributed by atoms with Crippen LogP contribution in [-0.4, -0.2) is 50.3 Å². The molecule has 4 N–H and O–H groups in total. The Bertz CT molecular complexity index is 750. The highest BCUT2D eigenvalue weighted by molar-refractivity contribution is 5.97. The van der Waals surface area contributed by atoms with Crippen LogP contribution in [-0.2, 0) is 28.7 Å². The minimum Gasteiger partial charge on any atom is -0.478 e. The molecule has 0 spiro atoms. The number of carboxylic acid groups (broad SMARTS) is 4. The van der Waals surface area contributed by atoms with Crippen LogP contribution in [0, 0.1) is 5.92 Å². The molecule has 10 heteroatoms. The van der Waals surface area contributed by atoms with Gasteiger partial charge < -0.3 is 25.2 Å². The van der Waals surface area contributed by atoms with Crippen molar-refractivity contribution in [2.45, 2.75) is 20.8 Å². The first-order valence-electron chi connectivity index (χ1n) is 7.25. The number of allylic oxidation sites excluding steroid dienone is 2. The van der Waals surface area contributed by atoms with E-state index in [1.54, 1.807) is 0 Å². The van der Waals surface area contributed by atoms with Crippen LogP contribution in [0.15, 0.2) is 46.8 Å². The summed E-state index contributed by atoms with van der Waals surface area (Å²) in [4.78, 5) is 55.8. The highest BCUT2D eigenvalue weighted by Gasteiger charge is 2.21. The summed E-state index contributed by atoms with van der Waals surface area (Å²) in [5.74, 6) is -8.32. The van der Waals surface area contributed by atoms with Gasteiger partial charge >= 0.3 is 29.8 Å². The van der Waals surface area contributed by atoms with E-state index in [1.807, 2.05) is 0 Å². The van der Waals surface area contributed by atoms with Crippen molar-refractivity contribution in [3.05, 3.63) is 46.8 Å². The van der Waals surface area contributed by atoms with Gasteiger partial charge in [0.15, 0.2) is 0 Å². The van der Waals surface area contributed by atoms with Crippen LogP contribution in [0.1, 0.15) is 20.8 Å². The fourth-order valence-electron chi connectivity index (χ4n) is 1.57. The topological polar surface area (TPSA) is 176 Å². The number of ether oxygens (including phenoxy) is 1. The largest absolute Gasteiger partial charge is 0.478 e. The van der Waals surface area contributed by atoms with Crippen molar-refractivity contribution < 1.29 is 49.1 Å². The average Bonchev–Trinajstić information content (AvgIpc) is 2.55. The molecule has 0 unspecified atom stereocenters. The molecule has 0 aromatic heterocycles. The van der Waals surface area contributed by atoms with E-state index in [1.165, 1.54) is 0 Å². The van der Waals surface area contributed by atoms with Gasteiger partial charge in [-0.2, -0.15) is 0 Å². The molecule has 0 saturated heterocycles. The number of hydrogen-bond donors (Lipinski definition) is 4. The zero-order chi connectivity index (χ0) is 21.3. The van der Waals surface area contributed by atoms with Crippen molar-refractivity contribution >= 4 is 29.8 Å². The molecule has 146 valence electrons.